The van der Waals surface area contributed by atoms with Gasteiger partial charge in [-0.25, -0.2) is 13.8 Å². The Balaban J connectivity index is 1.60. The van der Waals surface area contributed by atoms with Crippen LogP contribution in [0.2, 0.25) is 0 Å². The van der Waals surface area contributed by atoms with E-state index in [1.807, 2.05) is 12.1 Å². The molecule has 0 saturated heterocycles. The molecule has 0 atom stereocenters. The fraction of sp³-hybridized carbons (Fsp3) is 0.0476. The highest BCUT2D eigenvalue weighted by molar-refractivity contribution is 7.92. The van der Waals surface area contributed by atoms with Crippen LogP contribution in [0.4, 0.5) is 5.69 Å². The normalized spacial score (nSPS) is 11.2. The number of hydrazone groups is 1. The number of anilines is 1. The number of carbonyl (C=O) groups excluding carboxylic acids is 1. The third kappa shape index (κ3) is 5.43. The summed E-state index contributed by atoms with van der Waals surface area (Å²) in [5.74, 6) is 0.321. The summed E-state index contributed by atoms with van der Waals surface area (Å²) in [6, 6.07) is 21.3. The molecule has 0 heterocycles. The molecule has 0 fully saturated rings. The molecule has 0 unspecified atom stereocenters. The van der Waals surface area contributed by atoms with E-state index in [4.69, 9.17) is 4.74 Å². The molecular formula is C21H19N3O4S. The summed E-state index contributed by atoms with van der Waals surface area (Å²) in [6.45, 7) is 0. The highest BCUT2D eigenvalue weighted by Gasteiger charge is 2.13. The van der Waals surface area contributed by atoms with Crippen LogP contribution in [0.3, 0.4) is 0 Å². The third-order valence-electron chi connectivity index (χ3n) is 3.95. The Hall–Kier alpha value is -3.65. The summed E-state index contributed by atoms with van der Waals surface area (Å²) in [6.07, 6.45) is 1.51. The number of ether oxygens (including phenoxy) is 1. The maximum atomic E-state index is 12.3. The van der Waals surface area contributed by atoms with E-state index in [0.717, 1.165) is 11.3 Å². The molecule has 148 valence electrons. The smallest absolute Gasteiger partial charge is 0.271 e. The number of hydrogen-bond acceptors (Lipinski definition) is 5. The second kappa shape index (κ2) is 9.03. The lowest BCUT2D eigenvalue weighted by molar-refractivity contribution is 0.0955. The summed E-state index contributed by atoms with van der Waals surface area (Å²) in [4.78, 5) is 12.3. The van der Waals surface area contributed by atoms with Crippen molar-refractivity contribution in [3.8, 4) is 5.75 Å². The van der Waals surface area contributed by atoms with Crippen molar-refractivity contribution < 1.29 is 17.9 Å². The van der Waals surface area contributed by atoms with Gasteiger partial charge in [0.25, 0.3) is 15.9 Å². The quantitative estimate of drug-likeness (QED) is 0.462. The lowest BCUT2D eigenvalue weighted by Gasteiger charge is -2.08. The number of carbonyl (C=O) groups is 1. The minimum atomic E-state index is -3.68. The second-order valence-electron chi connectivity index (χ2n) is 5.97. The van der Waals surface area contributed by atoms with Crippen LogP contribution in [0.5, 0.6) is 5.75 Å². The van der Waals surface area contributed by atoms with Gasteiger partial charge in [-0.05, 0) is 66.2 Å². The number of hydrogen-bond donors (Lipinski definition) is 2. The van der Waals surface area contributed by atoms with E-state index in [1.54, 1.807) is 37.4 Å². The van der Waals surface area contributed by atoms with Gasteiger partial charge in [0.1, 0.15) is 5.75 Å². The van der Waals surface area contributed by atoms with Crippen LogP contribution in [-0.4, -0.2) is 27.6 Å². The van der Waals surface area contributed by atoms with Gasteiger partial charge in [0.05, 0.1) is 18.2 Å². The van der Waals surface area contributed by atoms with Crippen molar-refractivity contribution in [1.29, 1.82) is 0 Å². The number of rotatable bonds is 7. The molecule has 0 aliphatic carbocycles. The van der Waals surface area contributed by atoms with Crippen molar-refractivity contribution in [2.75, 3.05) is 11.8 Å². The predicted octanol–water partition coefficient (Wildman–Crippen LogP) is 3.26. The fourth-order valence-corrected chi connectivity index (χ4v) is 3.50. The van der Waals surface area contributed by atoms with Gasteiger partial charge in [0.2, 0.25) is 0 Å². The topological polar surface area (TPSA) is 96.9 Å². The Labute approximate surface area is 169 Å². The van der Waals surface area contributed by atoms with E-state index in [0.29, 0.717) is 11.3 Å². The number of methoxy groups -OCH3 is 1. The molecule has 3 aromatic carbocycles. The molecule has 0 aromatic heterocycles. The Morgan fingerprint density at radius 1 is 0.931 bits per heavy atom. The first-order valence-corrected chi connectivity index (χ1v) is 10.1. The third-order valence-corrected chi connectivity index (χ3v) is 5.35. The molecule has 7 nitrogen and oxygen atoms in total. The van der Waals surface area contributed by atoms with Crippen molar-refractivity contribution in [2.24, 2.45) is 5.10 Å². The average Bonchev–Trinajstić information content (AvgIpc) is 2.75. The first kappa shape index (κ1) is 20.1. The van der Waals surface area contributed by atoms with Gasteiger partial charge < -0.3 is 4.74 Å². The van der Waals surface area contributed by atoms with Gasteiger partial charge in [0.15, 0.2) is 0 Å². The molecule has 29 heavy (non-hydrogen) atoms. The van der Waals surface area contributed by atoms with E-state index in [9.17, 15) is 13.2 Å². The summed E-state index contributed by atoms with van der Waals surface area (Å²) in [7, 11) is -2.09. The van der Waals surface area contributed by atoms with Crippen molar-refractivity contribution in [3.05, 3.63) is 90.0 Å². The molecule has 8 heteroatoms. The lowest BCUT2D eigenvalue weighted by atomic mass is 10.2. The summed E-state index contributed by atoms with van der Waals surface area (Å²) < 4.78 is 32.2. The molecule has 0 radical (unpaired) electrons. The van der Waals surface area contributed by atoms with Crippen LogP contribution in [-0.2, 0) is 10.0 Å². The van der Waals surface area contributed by atoms with Crippen molar-refractivity contribution >= 4 is 27.8 Å². The number of nitrogens with zero attached hydrogens (tertiary/aromatic N) is 1. The van der Waals surface area contributed by atoms with Gasteiger partial charge in [-0.2, -0.15) is 5.10 Å². The van der Waals surface area contributed by atoms with Crippen LogP contribution in [0.25, 0.3) is 0 Å². The maximum Gasteiger partial charge on any atom is 0.271 e. The van der Waals surface area contributed by atoms with Crippen LogP contribution >= 0.6 is 0 Å². The molecule has 0 saturated carbocycles. The predicted molar refractivity (Wildman–Crippen MR) is 112 cm³/mol. The SMILES string of the molecule is COc1ccc(C=NNC(=O)c2ccc(NS(=O)(=O)c3ccccc3)cc2)cc1. The van der Waals surface area contributed by atoms with Crippen molar-refractivity contribution in [1.82, 2.24) is 5.43 Å². The zero-order valence-electron chi connectivity index (χ0n) is 15.6. The van der Waals surface area contributed by atoms with Crippen molar-refractivity contribution in [3.63, 3.8) is 0 Å². The van der Waals surface area contributed by atoms with Crippen molar-refractivity contribution in [2.45, 2.75) is 4.90 Å². The van der Waals surface area contributed by atoms with Gasteiger partial charge in [-0.15, -0.1) is 0 Å². The van der Waals surface area contributed by atoms with Gasteiger partial charge in [0, 0.05) is 11.3 Å². The summed E-state index contributed by atoms with van der Waals surface area (Å²) in [5.41, 5.74) is 3.93. The first-order chi connectivity index (χ1) is 14.0. The van der Waals surface area contributed by atoms with Crippen LogP contribution in [0.1, 0.15) is 15.9 Å². The van der Waals surface area contributed by atoms with E-state index >= 15 is 0 Å². The highest BCUT2D eigenvalue weighted by Crippen LogP contribution is 2.16. The van der Waals surface area contributed by atoms with Gasteiger partial charge in [-0.3, -0.25) is 9.52 Å². The molecule has 0 aliphatic rings. The zero-order chi connectivity index (χ0) is 20.7. The zero-order valence-corrected chi connectivity index (χ0v) is 16.4. The molecule has 3 rings (SSSR count). The number of nitrogens with one attached hydrogen (secondary N) is 2. The maximum absolute atomic E-state index is 12.3. The molecule has 3 aromatic rings. The molecule has 0 spiro atoms. The highest BCUT2D eigenvalue weighted by atomic mass is 32.2. The summed E-state index contributed by atoms with van der Waals surface area (Å²) >= 11 is 0. The van der Waals surface area contributed by atoms with E-state index < -0.39 is 15.9 Å². The van der Waals surface area contributed by atoms with Crippen LogP contribution in [0.15, 0.2) is 88.9 Å². The van der Waals surface area contributed by atoms with Gasteiger partial charge in [-0.1, -0.05) is 18.2 Å². The average molecular weight is 409 g/mol. The number of benzene rings is 3. The van der Waals surface area contributed by atoms with E-state index in [1.165, 1.54) is 42.6 Å². The Kier molecular flexibility index (Phi) is 6.25. The second-order valence-corrected chi connectivity index (χ2v) is 7.65. The largest absolute Gasteiger partial charge is 0.497 e. The fourth-order valence-electron chi connectivity index (χ4n) is 2.42. The number of amides is 1. The first-order valence-electron chi connectivity index (χ1n) is 8.63. The molecule has 0 aliphatic heterocycles. The monoisotopic (exact) mass is 409 g/mol. The molecule has 1 amide bonds. The van der Waals surface area contributed by atoms with Gasteiger partial charge >= 0.3 is 0 Å². The molecular weight excluding hydrogens is 390 g/mol. The minimum Gasteiger partial charge on any atom is -0.497 e. The summed E-state index contributed by atoms with van der Waals surface area (Å²) in [5, 5.41) is 3.92. The van der Waals surface area contributed by atoms with E-state index in [2.05, 4.69) is 15.2 Å². The Morgan fingerprint density at radius 2 is 1.59 bits per heavy atom. The standard InChI is InChI=1S/C21H19N3O4S/c1-28-19-13-7-16(8-14-19)15-22-23-21(25)17-9-11-18(12-10-17)24-29(26,27)20-5-3-2-4-6-20/h2-15,24H,1H3,(H,23,25). The minimum absolute atomic E-state index is 0.162. The van der Waals surface area contributed by atoms with Crippen LogP contribution < -0.4 is 14.9 Å². The Morgan fingerprint density at radius 3 is 2.21 bits per heavy atom. The van der Waals surface area contributed by atoms with E-state index in [-0.39, 0.29) is 4.90 Å². The number of sulfonamides is 1. The Bertz CT molecular complexity index is 1090. The molecule has 2 N–H and O–H groups in total. The van der Waals surface area contributed by atoms with Crippen LogP contribution in [0, 0.1) is 0 Å². The molecule has 0 bridgehead atoms. The lowest BCUT2D eigenvalue weighted by Crippen LogP contribution is -2.18.